The number of nitrogens with zero attached hydrogens (tertiary/aromatic N) is 1. The Hall–Kier alpha value is -4.38. The van der Waals surface area contributed by atoms with Gasteiger partial charge in [-0.15, -0.1) is 0 Å². The molecule has 0 saturated heterocycles. The van der Waals surface area contributed by atoms with Crippen LogP contribution in [0.15, 0.2) is 82.6 Å². The minimum atomic E-state index is -0.494. The van der Waals surface area contributed by atoms with Gasteiger partial charge in [0.2, 0.25) is 5.71 Å². The first-order valence-corrected chi connectivity index (χ1v) is 9.42. The molecule has 1 amide bonds. The molecular formula is C20H15N6O4S-. The number of nitrogens with one attached hydrogen (secondary N) is 5. The quantitative estimate of drug-likeness (QED) is 0.282. The van der Waals surface area contributed by atoms with E-state index in [1.807, 2.05) is 0 Å². The third-order valence-corrected chi connectivity index (χ3v) is 4.62. The smallest absolute Gasteiger partial charge is 0.277 e. The number of aromatic nitrogens is 2. The van der Waals surface area contributed by atoms with E-state index >= 15 is 0 Å². The van der Waals surface area contributed by atoms with E-state index < -0.39 is 10.5 Å². The van der Waals surface area contributed by atoms with E-state index in [2.05, 4.69) is 25.9 Å². The van der Waals surface area contributed by atoms with Crippen LogP contribution < -0.4 is 21.5 Å². The summed E-state index contributed by atoms with van der Waals surface area (Å²) in [5, 5.41) is 30.5. The number of benzene rings is 1. The molecule has 1 aliphatic heterocycles. The van der Waals surface area contributed by atoms with E-state index in [0.29, 0.717) is 28.5 Å². The zero-order chi connectivity index (χ0) is 22.0. The standard InChI is InChI=1S/C20H15N6O4S/c27-18(12-4-2-1-3-5-12)21-14(10-11-6-8-13(9-7-11)26(29)30)16-22-15-17(23-16)24-20(31)25-19(15)28/h1-10,22H,(H4-,21,23,24,25,27,28,29,30,31)/q-1. The van der Waals surface area contributed by atoms with Crippen molar-refractivity contribution in [2.24, 2.45) is 0 Å². The van der Waals surface area contributed by atoms with Gasteiger partial charge in [0.1, 0.15) is 17.3 Å². The summed E-state index contributed by atoms with van der Waals surface area (Å²) in [7, 11) is 0. The number of hydrogen-bond donors (Lipinski definition) is 5. The van der Waals surface area contributed by atoms with Gasteiger partial charge >= 0.3 is 0 Å². The second-order valence-corrected chi connectivity index (χ2v) is 6.92. The number of H-pyrrole nitrogens is 2. The Morgan fingerprint density at radius 1 is 1.03 bits per heavy atom. The first-order chi connectivity index (χ1) is 14.9. The summed E-state index contributed by atoms with van der Waals surface area (Å²) in [6, 6.07) is 8.60. The first kappa shape index (κ1) is 19.9. The van der Waals surface area contributed by atoms with Crippen molar-refractivity contribution in [1.82, 2.24) is 15.3 Å². The fourth-order valence-corrected chi connectivity index (χ4v) is 3.12. The summed E-state index contributed by atoms with van der Waals surface area (Å²) in [6.07, 6.45) is 7.44. The molecule has 0 spiro atoms. The number of carbonyl (C=O) groups excluding carboxylic acids is 1. The van der Waals surface area contributed by atoms with Gasteiger partial charge in [-0.3, -0.25) is 14.6 Å². The fourth-order valence-electron chi connectivity index (χ4n) is 2.93. The lowest BCUT2D eigenvalue weighted by Gasteiger charge is -2.12. The van der Waals surface area contributed by atoms with Gasteiger partial charge in [-0.2, -0.15) is 4.90 Å². The Morgan fingerprint density at radius 3 is 2.42 bits per heavy atom. The summed E-state index contributed by atoms with van der Waals surface area (Å²) in [5.41, 5.74) is 1.09. The number of rotatable bonds is 3. The van der Waals surface area contributed by atoms with E-state index in [1.54, 1.807) is 48.6 Å². The predicted octanol–water partition coefficient (Wildman–Crippen LogP) is 2.37. The maximum atomic E-state index is 12.7. The highest BCUT2D eigenvalue weighted by atomic mass is 32.1. The van der Waals surface area contributed by atoms with Crippen LogP contribution in [0.1, 0.15) is 10.4 Å². The Labute approximate surface area is 180 Å². The molecule has 1 aromatic heterocycles. The number of allylic oxidation sites excluding steroid dienone is 6. The highest BCUT2D eigenvalue weighted by Gasteiger charge is 2.22. The normalized spacial score (nSPS) is 15.6. The first-order valence-electron chi connectivity index (χ1n) is 9.01. The molecule has 1 aliphatic carbocycles. The van der Waals surface area contributed by atoms with E-state index in [-0.39, 0.29) is 22.1 Å². The van der Waals surface area contributed by atoms with Gasteiger partial charge in [-0.25, -0.2) is 0 Å². The van der Waals surface area contributed by atoms with Crippen LogP contribution in [0.3, 0.4) is 0 Å². The Balaban J connectivity index is 1.73. The van der Waals surface area contributed by atoms with Crippen LogP contribution in [0.25, 0.3) is 0 Å². The maximum Gasteiger partial charge on any atom is 0.277 e. The van der Waals surface area contributed by atoms with Gasteiger partial charge in [-0.1, -0.05) is 18.2 Å². The van der Waals surface area contributed by atoms with Crippen LogP contribution in [-0.4, -0.2) is 26.5 Å². The molecule has 0 radical (unpaired) electrons. The van der Waals surface area contributed by atoms with Gasteiger partial charge < -0.3 is 31.3 Å². The highest BCUT2D eigenvalue weighted by molar-refractivity contribution is 7.71. The van der Waals surface area contributed by atoms with Gasteiger partial charge in [0, 0.05) is 17.7 Å². The average molecular weight is 435 g/mol. The average Bonchev–Trinajstić information content (AvgIpc) is 3.18. The second-order valence-electron chi connectivity index (χ2n) is 6.51. The SMILES string of the molecule is O=C(NC(C=C1C=CC(=[N+]([O-])[O-])C=C1)=C1Nc2[nH]c(=S)[nH]c(=O)c2N1)c1ccccc1. The topological polar surface area (TPSA) is 151 Å². The van der Waals surface area contributed by atoms with Crippen molar-refractivity contribution in [3.05, 3.63) is 109 Å². The van der Waals surface area contributed by atoms with Crippen molar-refractivity contribution < 1.29 is 9.70 Å². The molecule has 5 N–H and O–H groups in total. The molecule has 11 heteroatoms. The largest absolute Gasteiger partial charge is 0.612 e. The molecule has 0 atom stereocenters. The number of fused-ring (bicyclic) bond motifs is 1. The summed E-state index contributed by atoms with van der Waals surface area (Å²) in [6.45, 7) is 0. The minimum absolute atomic E-state index is 0.0525. The molecule has 4 rings (SSSR count). The lowest BCUT2D eigenvalue weighted by molar-refractivity contribution is -0.377. The van der Waals surface area contributed by atoms with E-state index in [4.69, 9.17) is 12.2 Å². The number of hydrogen-bond acceptors (Lipinski definition) is 7. The molecule has 2 aromatic rings. The third-order valence-electron chi connectivity index (χ3n) is 4.41. The lowest BCUT2D eigenvalue weighted by atomic mass is 10.1. The van der Waals surface area contributed by atoms with E-state index in [1.165, 1.54) is 12.2 Å². The van der Waals surface area contributed by atoms with Crippen molar-refractivity contribution in [2.75, 3.05) is 10.6 Å². The van der Waals surface area contributed by atoms with Gasteiger partial charge in [0.15, 0.2) is 4.77 Å². The third kappa shape index (κ3) is 4.31. The summed E-state index contributed by atoms with van der Waals surface area (Å²) >= 11 is 4.99. The summed E-state index contributed by atoms with van der Waals surface area (Å²) < 4.78 is 0.147. The van der Waals surface area contributed by atoms with Gasteiger partial charge in [0.05, 0.1) is 5.70 Å². The molecule has 10 nitrogen and oxygen atoms in total. The van der Waals surface area contributed by atoms with Gasteiger partial charge in [-0.05, 0) is 48.2 Å². The Bertz CT molecular complexity index is 1310. The molecule has 2 heterocycles. The van der Waals surface area contributed by atoms with Crippen LogP contribution >= 0.6 is 12.2 Å². The fraction of sp³-hybridized carbons (Fsp3) is 0. The zero-order valence-corrected chi connectivity index (χ0v) is 16.6. The molecule has 31 heavy (non-hydrogen) atoms. The maximum absolute atomic E-state index is 12.7. The second kappa shape index (κ2) is 8.16. The minimum Gasteiger partial charge on any atom is -0.612 e. The monoisotopic (exact) mass is 435 g/mol. The summed E-state index contributed by atoms with van der Waals surface area (Å²) in [4.78, 5) is 29.7. The molecule has 2 aliphatic rings. The van der Waals surface area contributed by atoms with Gasteiger partial charge in [0.25, 0.3) is 11.5 Å². The molecule has 0 unspecified atom stereocenters. The predicted molar refractivity (Wildman–Crippen MR) is 119 cm³/mol. The van der Waals surface area contributed by atoms with Crippen LogP contribution in [0.5, 0.6) is 0 Å². The zero-order valence-electron chi connectivity index (χ0n) is 15.8. The van der Waals surface area contributed by atoms with Crippen molar-refractivity contribution >= 4 is 35.3 Å². The van der Waals surface area contributed by atoms with Crippen molar-refractivity contribution in [2.45, 2.75) is 0 Å². The molecule has 156 valence electrons. The number of carbonyl (C=O) groups is 1. The number of aromatic amines is 2. The van der Waals surface area contributed by atoms with Crippen molar-refractivity contribution in [3.8, 4) is 0 Å². The molecular weight excluding hydrogens is 420 g/mol. The lowest BCUT2D eigenvalue weighted by Crippen LogP contribution is -2.25. The van der Waals surface area contributed by atoms with Crippen LogP contribution in [0.2, 0.25) is 0 Å². The molecule has 1 aromatic carbocycles. The number of anilines is 2. The molecule has 0 saturated carbocycles. The summed E-state index contributed by atoms with van der Waals surface area (Å²) in [5.74, 6) is 0.315. The van der Waals surface area contributed by atoms with Crippen LogP contribution in [-0.2, 0) is 0 Å². The number of amides is 1. The van der Waals surface area contributed by atoms with E-state index in [0.717, 1.165) is 0 Å². The van der Waals surface area contributed by atoms with Crippen molar-refractivity contribution in [1.29, 1.82) is 0 Å². The molecule has 0 bridgehead atoms. The van der Waals surface area contributed by atoms with E-state index in [9.17, 15) is 20.0 Å². The highest BCUT2D eigenvalue weighted by Crippen LogP contribution is 2.26. The Morgan fingerprint density at radius 2 is 1.74 bits per heavy atom. The Kier molecular flexibility index (Phi) is 5.24. The molecule has 0 fully saturated rings. The van der Waals surface area contributed by atoms with Crippen LogP contribution in [0.4, 0.5) is 11.5 Å². The van der Waals surface area contributed by atoms with Crippen LogP contribution in [0, 0.1) is 15.2 Å². The van der Waals surface area contributed by atoms with Crippen molar-refractivity contribution in [3.63, 3.8) is 0 Å².